The van der Waals surface area contributed by atoms with E-state index in [9.17, 15) is 9.90 Å². The Morgan fingerprint density at radius 2 is 2.15 bits per heavy atom. The van der Waals surface area contributed by atoms with Gasteiger partial charge in [0.1, 0.15) is 10.8 Å². The molecular weight excluding hydrogens is 270 g/mol. The fourth-order valence-corrected chi connectivity index (χ4v) is 2.73. The molecule has 104 valence electrons. The first kappa shape index (κ1) is 14.6. The van der Waals surface area contributed by atoms with Crippen LogP contribution in [0, 0.1) is 6.92 Å². The van der Waals surface area contributed by atoms with Crippen LogP contribution in [0.5, 0.6) is 5.75 Å². The van der Waals surface area contributed by atoms with Gasteiger partial charge in [0, 0.05) is 18.2 Å². The van der Waals surface area contributed by atoms with E-state index in [2.05, 4.69) is 4.98 Å². The zero-order valence-corrected chi connectivity index (χ0v) is 12.4. The standard InChI is InChI=1S/C16H17NO2S/c1-3-20-16-13(5-4-8-17-16)15(19)10-12-9-11(2)6-7-14(12)18/h4-9,18H,3,10H2,1-2H3. The topological polar surface area (TPSA) is 50.2 Å². The maximum atomic E-state index is 12.4. The zero-order chi connectivity index (χ0) is 14.5. The van der Waals surface area contributed by atoms with Crippen LogP contribution in [0.25, 0.3) is 0 Å². The predicted octanol–water partition coefficient (Wildman–Crippen LogP) is 3.63. The summed E-state index contributed by atoms with van der Waals surface area (Å²) in [6.45, 7) is 3.97. The minimum atomic E-state index is -0.0186. The van der Waals surface area contributed by atoms with Gasteiger partial charge in [-0.15, -0.1) is 11.8 Å². The highest BCUT2D eigenvalue weighted by atomic mass is 32.2. The first-order valence-electron chi connectivity index (χ1n) is 6.51. The molecule has 0 saturated heterocycles. The normalized spacial score (nSPS) is 10.5. The maximum absolute atomic E-state index is 12.4. The fraction of sp³-hybridized carbons (Fsp3) is 0.250. The third kappa shape index (κ3) is 3.39. The van der Waals surface area contributed by atoms with Gasteiger partial charge in [0.25, 0.3) is 0 Å². The number of carbonyl (C=O) groups excluding carboxylic acids is 1. The highest BCUT2D eigenvalue weighted by Crippen LogP contribution is 2.24. The highest BCUT2D eigenvalue weighted by molar-refractivity contribution is 7.99. The van der Waals surface area contributed by atoms with E-state index < -0.39 is 0 Å². The highest BCUT2D eigenvalue weighted by Gasteiger charge is 2.14. The Kier molecular flexibility index (Phi) is 4.79. The number of hydrogen-bond donors (Lipinski definition) is 1. The van der Waals surface area contributed by atoms with Gasteiger partial charge in [-0.1, -0.05) is 24.6 Å². The van der Waals surface area contributed by atoms with Gasteiger partial charge in [-0.25, -0.2) is 4.98 Å². The van der Waals surface area contributed by atoms with E-state index in [-0.39, 0.29) is 18.0 Å². The van der Waals surface area contributed by atoms with Crippen LogP contribution in [0.15, 0.2) is 41.6 Å². The monoisotopic (exact) mass is 287 g/mol. The van der Waals surface area contributed by atoms with Gasteiger partial charge >= 0.3 is 0 Å². The number of thioether (sulfide) groups is 1. The summed E-state index contributed by atoms with van der Waals surface area (Å²) in [4.78, 5) is 16.7. The number of ketones is 1. The zero-order valence-electron chi connectivity index (χ0n) is 11.6. The Balaban J connectivity index is 2.26. The van der Waals surface area contributed by atoms with E-state index >= 15 is 0 Å². The molecule has 0 fully saturated rings. The summed E-state index contributed by atoms with van der Waals surface area (Å²) in [6.07, 6.45) is 1.88. The number of phenols is 1. The number of Topliss-reactive ketones (excluding diaryl/α,β-unsaturated/α-hetero) is 1. The predicted molar refractivity (Wildman–Crippen MR) is 81.5 cm³/mol. The third-order valence-corrected chi connectivity index (χ3v) is 3.83. The summed E-state index contributed by atoms with van der Waals surface area (Å²) in [5.74, 6) is 1.01. The SMILES string of the molecule is CCSc1ncccc1C(=O)Cc1cc(C)ccc1O. The Bertz CT molecular complexity index is 626. The van der Waals surface area contributed by atoms with Crippen LogP contribution in [-0.4, -0.2) is 21.6 Å². The number of aryl methyl sites for hydroxylation is 1. The van der Waals surface area contributed by atoms with Crippen LogP contribution in [-0.2, 0) is 6.42 Å². The molecule has 0 aliphatic rings. The van der Waals surface area contributed by atoms with Crippen molar-refractivity contribution in [2.75, 3.05) is 5.75 Å². The molecule has 1 aromatic heterocycles. The van der Waals surface area contributed by atoms with E-state index in [1.54, 1.807) is 36.2 Å². The number of hydrogen-bond acceptors (Lipinski definition) is 4. The van der Waals surface area contributed by atoms with Crippen molar-refractivity contribution >= 4 is 17.5 Å². The van der Waals surface area contributed by atoms with E-state index in [1.807, 2.05) is 26.0 Å². The molecule has 2 rings (SSSR count). The Morgan fingerprint density at radius 3 is 2.90 bits per heavy atom. The molecule has 2 aromatic rings. The van der Waals surface area contributed by atoms with Gasteiger partial charge < -0.3 is 5.11 Å². The molecule has 0 aliphatic carbocycles. The van der Waals surface area contributed by atoms with Crippen LogP contribution < -0.4 is 0 Å². The largest absolute Gasteiger partial charge is 0.508 e. The molecule has 4 heteroatoms. The molecule has 1 aromatic carbocycles. The number of rotatable bonds is 5. The first-order chi connectivity index (χ1) is 9.61. The molecule has 0 aliphatic heterocycles. The van der Waals surface area contributed by atoms with Gasteiger partial charge in [0.05, 0.1) is 5.56 Å². The average Bonchev–Trinajstić information content (AvgIpc) is 2.44. The average molecular weight is 287 g/mol. The molecule has 3 nitrogen and oxygen atoms in total. The summed E-state index contributed by atoms with van der Waals surface area (Å²) in [7, 11) is 0. The van der Waals surface area contributed by atoms with Crippen molar-refractivity contribution in [1.29, 1.82) is 0 Å². The van der Waals surface area contributed by atoms with E-state index in [4.69, 9.17) is 0 Å². The van der Waals surface area contributed by atoms with Gasteiger partial charge in [-0.05, 0) is 30.9 Å². The number of phenolic OH excluding ortho intramolecular Hbond substituents is 1. The summed E-state index contributed by atoms with van der Waals surface area (Å²) in [5.41, 5.74) is 2.31. The lowest BCUT2D eigenvalue weighted by Crippen LogP contribution is -2.06. The second kappa shape index (κ2) is 6.57. The van der Waals surface area contributed by atoms with Crippen molar-refractivity contribution in [2.45, 2.75) is 25.3 Å². The molecule has 1 N–H and O–H groups in total. The van der Waals surface area contributed by atoms with Crippen LogP contribution in [0.2, 0.25) is 0 Å². The van der Waals surface area contributed by atoms with Crippen molar-refractivity contribution < 1.29 is 9.90 Å². The molecule has 0 spiro atoms. The lowest BCUT2D eigenvalue weighted by molar-refractivity contribution is 0.0988. The summed E-state index contributed by atoms with van der Waals surface area (Å²) < 4.78 is 0. The maximum Gasteiger partial charge on any atom is 0.170 e. The number of carbonyl (C=O) groups is 1. The van der Waals surface area contributed by atoms with Gasteiger partial charge in [-0.2, -0.15) is 0 Å². The first-order valence-corrected chi connectivity index (χ1v) is 7.50. The van der Waals surface area contributed by atoms with Gasteiger partial charge in [0.2, 0.25) is 0 Å². The van der Waals surface area contributed by atoms with Crippen molar-refractivity contribution in [2.24, 2.45) is 0 Å². The molecule has 0 radical (unpaired) electrons. The molecule has 0 bridgehead atoms. The van der Waals surface area contributed by atoms with Crippen molar-refractivity contribution in [3.05, 3.63) is 53.2 Å². The van der Waals surface area contributed by atoms with Crippen LogP contribution in [0.3, 0.4) is 0 Å². The summed E-state index contributed by atoms with van der Waals surface area (Å²) >= 11 is 1.55. The van der Waals surface area contributed by atoms with Gasteiger partial charge in [-0.3, -0.25) is 4.79 Å². The second-order valence-electron chi connectivity index (χ2n) is 4.52. The number of nitrogens with zero attached hydrogens (tertiary/aromatic N) is 1. The van der Waals surface area contributed by atoms with Crippen molar-refractivity contribution in [1.82, 2.24) is 4.98 Å². The Hall–Kier alpha value is -1.81. The lowest BCUT2D eigenvalue weighted by atomic mass is 10.0. The molecule has 20 heavy (non-hydrogen) atoms. The van der Waals surface area contributed by atoms with Crippen molar-refractivity contribution in [3.63, 3.8) is 0 Å². The fourth-order valence-electron chi connectivity index (χ4n) is 1.98. The smallest absolute Gasteiger partial charge is 0.170 e. The van der Waals surface area contributed by atoms with E-state index in [0.717, 1.165) is 16.3 Å². The van der Waals surface area contributed by atoms with Crippen LogP contribution in [0.1, 0.15) is 28.4 Å². The molecular formula is C16H17NO2S. The van der Waals surface area contributed by atoms with Crippen LogP contribution in [0.4, 0.5) is 0 Å². The summed E-state index contributed by atoms with van der Waals surface area (Å²) in [5, 5.41) is 10.6. The number of aromatic hydroxyl groups is 1. The minimum Gasteiger partial charge on any atom is -0.508 e. The van der Waals surface area contributed by atoms with E-state index in [1.165, 1.54) is 0 Å². The van der Waals surface area contributed by atoms with E-state index in [0.29, 0.717) is 11.1 Å². The minimum absolute atomic E-state index is 0.0186. The molecule has 0 unspecified atom stereocenters. The van der Waals surface area contributed by atoms with Gasteiger partial charge in [0.15, 0.2) is 5.78 Å². The molecule has 0 amide bonds. The lowest BCUT2D eigenvalue weighted by Gasteiger charge is -2.08. The summed E-state index contributed by atoms with van der Waals surface area (Å²) in [6, 6.07) is 8.86. The number of pyridine rings is 1. The van der Waals surface area contributed by atoms with Crippen LogP contribution >= 0.6 is 11.8 Å². The number of benzene rings is 1. The third-order valence-electron chi connectivity index (χ3n) is 2.94. The molecule has 0 atom stereocenters. The molecule has 1 heterocycles. The Morgan fingerprint density at radius 1 is 1.35 bits per heavy atom. The van der Waals surface area contributed by atoms with Crippen molar-refractivity contribution in [3.8, 4) is 5.75 Å². The Labute approximate surface area is 123 Å². The quantitative estimate of drug-likeness (QED) is 0.674. The second-order valence-corrected chi connectivity index (χ2v) is 5.77. The molecule has 0 saturated carbocycles. The number of aromatic nitrogens is 1.